The molecule has 0 saturated heterocycles. The van der Waals surface area contributed by atoms with Crippen LogP contribution in [0.3, 0.4) is 0 Å². The molecule has 3 N–H and O–H groups in total. The SMILES string of the molecule is Cc1ccc(-c2c(COc3nn(C)cc3C(N)=O)c(C)nc(CC(C)C)c2CNC(=O)OC(C)(C)C)cc1. The number of carbonyl (C=O) groups is 2. The summed E-state index contributed by atoms with van der Waals surface area (Å²) >= 11 is 0. The average molecular weight is 522 g/mol. The summed E-state index contributed by atoms with van der Waals surface area (Å²) in [6, 6.07) is 8.21. The minimum absolute atomic E-state index is 0.112. The number of primary amides is 1. The summed E-state index contributed by atoms with van der Waals surface area (Å²) in [7, 11) is 1.70. The van der Waals surface area contributed by atoms with E-state index in [2.05, 4.69) is 36.4 Å². The molecule has 9 nitrogen and oxygen atoms in total. The molecule has 0 atom stereocenters. The van der Waals surface area contributed by atoms with Crippen molar-refractivity contribution in [2.75, 3.05) is 0 Å². The zero-order valence-electron chi connectivity index (χ0n) is 23.6. The third-order valence-electron chi connectivity index (χ3n) is 5.86. The van der Waals surface area contributed by atoms with Crippen molar-refractivity contribution in [3.63, 3.8) is 0 Å². The van der Waals surface area contributed by atoms with Gasteiger partial charge in [-0.3, -0.25) is 14.5 Å². The van der Waals surface area contributed by atoms with Gasteiger partial charge in [-0.1, -0.05) is 43.7 Å². The molecular weight excluding hydrogens is 482 g/mol. The van der Waals surface area contributed by atoms with Crippen LogP contribution in [0.15, 0.2) is 30.5 Å². The Bertz CT molecular complexity index is 1300. The third-order valence-corrected chi connectivity index (χ3v) is 5.86. The second kappa shape index (κ2) is 11.7. The van der Waals surface area contributed by atoms with Gasteiger partial charge in [0.15, 0.2) is 0 Å². The van der Waals surface area contributed by atoms with E-state index in [9.17, 15) is 9.59 Å². The highest BCUT2D eigenvalue weighted by molar-refractivity contribution is 5.94. The Kier molecular flexibility index (Phi) is 8.81. The monoisotopic (exact) mass is 521 g/mol. The number of hydrogen-bond acceptors (Lipinski definition) is 6. The number of aryl methyl sites for hydroxylation is 3. The number of hydrogen-bond donors (Lipinski definition) is 2. The number of nitrogens with two attached hydrogens (primary N) is 1. The van der Waals surface area contributed by atoms with Crippen LogP contribution in [0.1, 0.15) is 73.1 Å². The summed E-state index contributed by atoms with van der Waals surface area (Å²) in [6.45, 7) is 14.1. The first kappa shape index (κ1) is 28.7. The number of nitrogens with one attached hydrogen (secondary N) is 1. The number of benzene rings is 1. The quantitative estimate of drug-likeness (QED) is 0.409. The highest BCUT2D eigenvalue weighted by atomic mass is 16.6. The lowest BCUT2D eigenvalue weighted by Gasteiger charge is -2.23. The number of ether oxygens (including phenoxy) is 2. The van der Waals surface area contributed by atoms with Gasteiger partial charge in [-0.15, -0.1) is 5.10 Å². The van der Waals surface area contributed by atoms with Gasteiger partial charge in [-0.05, 0) is 58.1 Å². The van der Waals surface area contributed by atoms with Crippen LogP contribution in [0.2, 0.25) is 0 Å². The molecule has 0 fully saturated rings. The molecule has 0 unspecified atom stereocenters. The standard InChI is InChI=1S/C29H39N5O4/c1-17(2)13-24-21(14-31-28(36)38-29(5,6)7)25(20-11-9-18(3)10-12-20)23(19(4)32-24)16-37-27-22(26(30)35)15-34(8)33-27/h9-12,15,17H,13-14,16H2,1-8H3,(H2,30,35)(H,31,36). The topological polar surface area (TPSA) is 121 Å². The van der Waals surface area contributed by atoms with Crippen LogP contribution in [0.4, 0.5) is 4.79 Å². The van der Waals surface area contributed by atoms with E-state index in [4.69, 9.17) is 20.2 Å². The maximum atomic E-state index is 12.6. The van der Waals surface area contributed by atoms with Crippen molar-refractivity contribution in [3.05, 3.63) is 64.1 Å². The van der Waals surface area contributed by atoms with Gasteiger partial charge in [0.1, 0.15) is 17.8 Å². The number of pyridine rings is 1. The Morgan fingerprint density at radius 1 is 1.11 bits per heavy atom. The number of aromatic nitrogens is 3. The number of amides is 2. The summed E-state index contributed by atoms with van der Waals surface area (Å²) < 4.78 is 13.0. The molecule has 0 aliphatic carbocycles. The van der Waals surface area contributed by atoms with Gasteiger partial charge in [0.05, 0.1) is 0 Å². The van der Waals surface area contributed by atoms with E-state index < -0.39 is 17.6 Å². The van der Waals surface area contributed by atoms with E-state index in [-0.39, 0.29) is 24.6 Å². The van der Waals surface area contributed by atoms with Gasteiger partial charge in [0.2, 0.25) is 5.88 Å². The van der Waals surface area contributed by atoms with Crippen LogP contribution in [0.25, 0.3) is 11.1 Å². The lowest BCUT2D eigenvalue weighted by molar-refractivity contribution is 0.0523. The van der Waals surface area contributed by atoms with Crippen LogP contribution in [0.5, 0.6) is 5.88 Å². The first-order chi connectivity index (χ1) is 17.7. The Balaban J connectivity index is 2.13. The third kappa shape index (κ3) is 7.34. The molecule has 0 radical (unpaired) electrons. The number of carbonyl (C=O) groups excluding carboxylic acids is 2. The second-order valence-electron chi connectivity index (χ2n) is 11.0. The Morgan fingerprint density at radius 3 is 2.34 bits per heavy atom. The molecule has 0 saturated carbocycles. The highest BCUT2D eigenvalue weighted by Gasteiger charge is 2.23. The van der Waals surface area contributed by atoms with Gasteiger partial charge >= 0.3 is 6.09 Å². The van der Waals surface area contributed by atoms with Gasteiger partial charge in [0, 0.05) is 42.3 Å². The van der Waals surface area contributed by atoms with Crippen molar-refractivity contribution in [1.29, 1.82) is 0 Å². The Hall–Kier alpha value is -3.88. The Morgan fingerprint density at radius 2 is 1.76 bits per heavy atom. The van der Waals surface area contributed by atoms with Gasteiger partial charge in [0.25, 0.3) is 5.91 Å². The molecule has 9 heteroatoms. The molecule has 38 heavy (non-hydrogen) atoms. The van der Waals surface area contributed by atoms with E-state index in [1.807, 2.05) is 46.8 Å². The molecule has 2 heterocycles. The van der Waals surface area contributed by atoms with E-state index in [0.717, 1.165) is 45.6 Å². The predicted octanol–water partition coefficient (Wildman–Crippen LogP) is 5.00. The van der Waals surface area contributed by atoms with Crippen LogP contribution in [-0.4, -0.2) is 32.4 Å². The van der Waals surface area contributed by atoms with Crippen molar-refractivity contribution >= 4 is 12.0 Å². The zero-order chi connectivity index (χ0) is 28.2. The van der Waals surface area contributed by atoms with Crippen LogP contribution < -0.4 is 15.8 Å². The van der Waals surface area contributed by atoms with Crippen molar-refractivity contribution in [2.45, 2.75) is 73.6 Å². The average Bonchev–Trinajstić information content (AvgIpc) is 3.17. The molecule has 2 amide bonds. The minimum atomic E-state index is -0.615. The first-order valence-electron chi connectivity index (χ1n) is 12.8. The van der Waals surface area contributed by atoms with Gasteiger partial charge in [-0.2, -0.15) is 0 Å². The number of rotatable bonds is 9. The molecule has 204 valence electrons. The lowest BCUT2D eigenvalue weighted by atomic mass is 9.90. The lowest BCUT2D eigenvalue weighted by Crippen LogP contribution is -2.32. The Labute approximate surface area is 224 Å². The van der Waals surface area contributed by atoms with Crippen LogP contribution in [0, 0.1) is 19.8 Å². The molecule has 0 aliphatic rings. The summed E-state index contributed by atoms with van der Waals surface area (Å²) in [5.41, 5.74) is 11.6. The molecule has 0 aliphatic heterocycles. The van der Waals surface area contributed by atoms with E-state index in [1.165, 1.54) is 10.9 Å². The highest BCUT2D eigenvalue weighted by Crippen LogP contribution is 2.34. The molecular formula is C29H39N5O4. The van der Waals surface area contributed by atoms with Crippen molar-refractivity contribution in [3.8, 4) is 17.0 Å². The smallest absolute Gasteiger partial charge is 0.407 e. The van der Waals surface area contributed by atoms with Crippen molar-refractivity contribution < 1.29 is 19.1 Å². The second-order valence-corrected chi connectivity index (χ2v) is 11.0. The molecule has 3 aromatic rings. The number of nitrogens with zero attached hydrogens (tertiary/aromatic N) is 3. The zero-order valence-corrected chi connectivity index (χ0v) is 23.6. The van der Waals surface area contributed by atoms with Crippen molar-refractivity contribution in [2.24, 2.45) is 18.7 Å². The fraction of sp³-hybridized carbons (Fsp3) is 0.448. The molecule has 0 bridgehead atoms. The van der Waals surface area contributed by atoms with Gasteiger partial charge < -0.3 is 20.5 Å². The largest absolute Gasteiger partial charge is 0.471 e. The van der Waals surface area contributed by atoms with E-state index in [0.29, 0.717) is 5.92 Å². The summed E-state index contributed by atoms with van der Waals surface area (Å²) in [5.74, 6) is -0.105. The fourth-order valence-corrected chi connectivity index (χ4v) is 4.19. The number of alkyl carbamates (subject to hydrolysis) is 1. The molecule has 0 spiro atoms. The molecule has 1 aromatic carbocycles. The maximum Gasteiger partial charge on any atom is 0.407 e. The van der Waals surface area contributed by atoms with Crippen LogP contribution >= 0.6 is 0 Å². The summed E-state index contributed by atoms with van der Waals surface area (Å²) in [6.07, 6.45) is 1.77. The summed E-state index contributed by atoms with van der Waals surface area (Å²) in [4.78, 5) is 29.5. The molecule has 3 rings (SSSR count). The van der Waals surface area contributed by atoms with E-state index in [1.54, 1.807) is 7.05 Å². The minimum Gasteiger partial charge on any atom is -0.471 e. The van der Waals surface area contributed by atoms with Gasteiger partial charge in [-0.25, -0.2) is 4.79 Å². The van der Waals surface area contributed by atoms with Crippen molar-refractivity contribution in [1.82, 2.24) is 20.1 Å². The normalized spacial score (nSPS) is 11.5. The van der Waals surface area contributed by atoms with Crippen LogP contribution in [-0.2, 0) is 31.4 Å². The maximum absolute atomic E-state index is 12.6. The fourth-order valence-electron chi connectivity index (χ4n) is 4.19. The predicted molar refractivity (Wildman–Crippen MR) is 147 cm³/mol. The summed E-state index contributed by atoms with van der Waals surface area (Å²) in [5, 5.41) is 7.18. The molecule has 2 aromatic heterocycles. The van der Waals surface area contributed by atoms with E-state index >= 15 is 0 Å². The first-order valence-corrected chi connectivity index (χ1v) is 12.8.